The van der Waals surface area contributed by atoms with E-state index in [1.165, 1.54) is 12.8 Å². The first-order valence-corrected chi connectivity index (χ1v) is 9.52. The summed E-state index contributed by atoms with van der Waals surface area (Å²) < 4.78 is 0. The SMILES string of the molecule is CC(C)C(O)(c1ccc2cc(C(=O)NCC3CC3)ccc2c1)c1cnc[nH]1. The number of carbonyl (C=O) groups is 1. The van der Waals surface area contributed by atoms with Gasteiger partial charge in [0.2, 0.25) is 0 Å². The average molecular weight is 363 g/mol. The molecule has 0 radical (unpaired) electrons. The van der Waals surface area contributed by atoms with Crippen LogP contribution < -0.4 is 5.32 Å². The number of carbonyl (C=O) groups excluding carboxylic acids is 1. The Labute approximate surface area is 158 Å². The molecule has 5 nitrogen and oxygen atoms in total. The Morgan fingerprint density at radius 3 is 2.67 bits per heavy atom. The molecule has 27 heavy (non-hydrogen) atoms. The minimum absolute atomic E-state index is 0.0241. The molecule has 1 heterocycles. The predicted molar refractivity (Wildman–Crippen MR) is 105 cm³/mol. The number of nitrogens with one attached hydrogen (secondary N) is 2. The molecular formula is C22H25N3O2. The molecule has 140 valence electrons. The second kappa shape index (κ2) is 6.82. The number of hydrogen-bond acceptors (Lipinski definition) is 3. The number of fused-ring (bicyclic) bond motifs is 1. The fourth-order valence-electron chi connectivity index (χ4n) is 3.55. The molecular weight excluding hydrogens is 338 g/mol. The van der Waals surface area contributed by atoms with Gasteiger partial charge in [0.25, 0.3) is 5.91 Å². The van der Waals surface area contributed by atoms with Crippen LogP contribution >= 0.6 is 0 Å². The Balaban J connectivity index is 1.66. The van der Waals surface area contributed by atoms with Gasteiger partial charge in [0.15, 0.2) is 0 Å². The van der Waals surface area contributed by atoms with Gasteiger partial charge in [-0.25, -0.2) is 4.98 Å². The fourth-order valence-corrected chi connectivity index (χ4v) is 3.55. The fraction of sp³-hybridized carbons (Fsp3) is 0.364. The Hall–Kier alpha value is -2.66. The summed E-state index contributed by atoms with van der Waals surface area (Å²) in [5.41, 5.74) is 1.00. The molecule has 1 unspecified atom stereocenters. The molecule has 1 fully saturated rings. The molecule has 0 spiro atoms. The van der Waals surface area contributed by atoms with Crippen molar-refractivity contribution in [3.8, 4) is 0 Å². The highest BCUT2D eigenvalue weighted by Crippen LogP contribution is 2.36. The molecule has 3 aromatic rings. The van der Waals surface area contributed by atoms with E-state index in [0.717, 1.165) is 22.9 Å². The maximum Gasteiger partial charge on any atom is 0.251 e. The number of amides is 1. The third-order valence-corrected chi connectivity index (χ3v) is 5.54. The van der Waals surface area contributed by atoms with Crippen LogP contribution in [0.3, 0.4) is 0 Å². The summed E-state index contributed by atoms with van der Waals surface area (Å²) >= 11 is 0. The van der Waals surface area contributed by atoms with Crippen molar-refractivity contribution in [2.45, 2.75) is 32.3 Å². The first kappa shape index (κ1) is 17.7. The molecule has 1 aliphatic carbocycles. The van der Waals surface area contributed by atoms with E-state index in [4.69, 9.17) is 0 Å². The summed E-state index contributed by atoms with van der Waals surface area (Å²) in [6.45, 7) is 4.73. The molecule has 1 atom stereocenters. The number of benzene rings is 2. The monoisotopic (exact) mass is 363 g/mol. The lowest BCUT2D eigenvalue weighted by Gasteiger charge is -2.32. The second-order valence-corrected chi connectivity index (χ2v) is 7.82. The first-order valence-electron chi connectivity index (χ1n) is 9.52. The van der Waals surface area contributed by atoms with E-state index in [9.17, 15) is 9.90 Å². The van der Waals surface area contributed by atoms with Gasteiger partial charge in [0.05, 0.1) is 18.2 Å². The molecule has 1 amide bonds. The topological polar surface area (TPSA) is 78.0 Å². The van der Waals surface area contributed by atoms with Gasteiger partial charge < -0.3 is 15.4 Å². The number of rotatable bonds is 6. The van der Waals surface area contributed by atoms with Gasteiger partial charge in [-0.15, -0.1) is 0 Å². The minimum Gasteiger partial charge on any atom is -0.379 e. The number of H-pyrrole nitrogens is 1. The number of hydrogen-bond donors (Lipinski definition) is 3. The van der Waals surface area contributed by atoms with Crippen LogP contribution in [0.1, 0.15) is 48.3 Å². The Bertz CT molecular complexity index is 961. The van der Waals surface area contributed by atoms with E-state index in [0.29, 0.717) is 17.2 Å². The van der Waals surface area contributed by atoms with Gasteiger partial charge in [-0.2, -0.15) is 0 Å². The van der Waals surface area contributed by atoms with Gasteiger partial charge >= 0.3 is 0 Å². The van der Waals surface area contributed by atoms with Gasteiger partial charge in [-0.1, -0.05) is 32.0 Å². The maximum atomic E-state index is 12.3. The largest absolute Gasteiger partial charge is 0.379 e. The zero-order chi connectivity index (χ0) is 19.0. The van der Waals surface area contributed by atoms with E-state index in [1.807, 2.05) is 50.2 Å². The normalized spacial score (nSPS) is 16.4. The van der Waals surface area contributed by atoms with Gasteiger partial charge in [-0.3, -0.25) is 4.79 Å². The Kier molecular flexibility index (Phi) is 4.48. The van der Waals surface area contributed by atoms with Gasteiger partial charge in [-0.05, 0) is 59.2 Å². The molecule has 0 aliphatic heterocycles. The summed E-state index contributed by atoms with van der Waals surface area (Å²) in [7, 11) is 0. The molecule has 1 saturated carbocycles. The van der Waals surface area contributed by atoms with Crippen LogP contribution in [-0.4, -0.2) is 27.5 Å². The van der Waals surface area contributed by atoms with Crippen molar-refractivity contribution in [2.24, 2.45) is 11.8 Å². The molecule has 3 N–H and O–H groups in total. The second-order valence-electron chi connectivity index (χ2n) is 7.82. The van der Waals surface area contributed by atoms with Crippen molar-refractivity contribution in [3.05, 3.63) is 65.7 Å². The third kappa shape index (κ3) is 3.35. The van der Waals surface area contributed by atoms with Crippen LogP contribution in [0.25, 0.3) is 10.8 Å². The van der Waals surface area contributed by atoms with Crippen LogP contribution in [0.5, 0.6) is 0 Å². The summed E-state index contributed by atoms with van der Waals surface area (Å²) in [6, 6.07) is 11.6. The van der Waals surface area contributed by atoms with E-state index in [1.54, 1.807) is 12.5 Å². The van der Waals surface area contributed by atoms with Gasteiger partial charge in [0.1, 0.15) is 5.60 Å². The van der Waals surface area contributed by atoms with Crippen molar-refractivity contribution < 1.29 is 9.90 Å². The zero-order valence-electron chi connectivity index (χ0n) is 15.7. The molecule has 5 heteroatoms. The predicted octanol–water partition coefficient (Wildman–Crippen LogP) is 3.59. The van der Waals surface area contributed by atoms with Crippen LogP contribution in [0, 0.1) is 11.8 Å². The molecule has 1 aliphatic rings. The number of nitrogens with zero attached hydrogens (tertiary/aromatic N) is 1. The first-order chi connectivity index (χ1) is 13.0. The van der Waals surface area contributed by atoms with Crippen molar-refractivity contribution in [3.63, 3.8) is 0 Å². The van der Waals surface area contributed by atoms with Crippen LogP contribution in [0.4, 0.5) is 0 Å². The lowest BCUT2D eigenvalue weighted by Crippen LogP contribution is -2.33. The molecule has 2 aromatic carbocycles. The maximum absolute atomic E-state index is 12.3. The summed E-state index contributed by atoms with van der Waals surface area (Å²) in [5.74, 6) is 0.597. The van der Waals surface area contributed by atoms with E-state index < -0.39 is 5.60 Å². The number of aromatic amines is 1. The minimum atomic E-state index is -1.15. The summed E-state index contributed by atoms with van der Waals surface area (Å²) in [6.07, 6.45) is 5.68. The average Bonchev–Trinajstić information content (AvgIpc) is 3.34. The molecule has 1 aromatic heterocycles. The van der Waals surface area contributed by atoms with Crippen molar-refractivity contribution in [1.29, 1.82) is 0 Å². The Morgan fingerprint density at radius 1 is 1.26 bits per heavy atom. The van der Waals surface area contributed by atoms with Crippen molar-refractivity contribution in [2.75, 3.05) is 6.54 Å². The Morgan fingerprint density at radius 2 is 2.00 bits per heavy atom. The number of imidazole rings is 1. The lowest BCUT2D eigenvalue weighted by atomic mass is 9.80. The third-order valence-electron chi connectivity index (χ3n) is 5.54. The summed E-state index contributed by atoms with van der Waals surface area (Å²) in [4.78, 5) is 19.4. The summed E-state index contributed by atoms with van der Waals surface area (Å²) in [5, 5.41) is 16.4. The number of aliphatic hydroxyl groups is 1. The quantitative estimate of drug-likeness (QED) is 0.626. The highest BCUT2D eigenvalue weighted by Gasteiger charge is 2.36. The number of aromatic nitrogens is 2. The van der Waals surface area contributed by atoms with E-state index in [-0.39, 0.29) is 11.8 Å². The highest BCUT2D eigenvalue weighted by atomic mass is 16.3. The lowest BCUT2D eigenvalue weighted by molar-refractivity contribution is 0.0280. The smallest absolute Gasteiger partial charge is 0.251 e. The van der Waals surface area contributed by atoms with Crippen LogP contribution in [0.2, 0.25) is 0 Å². The zero-order valence-corrected chi connectivity index (χ0v) is 15.7. The van der Waals surface area contributed by atoms with Gasteiger partial charge in [0, 0.05) is 12.1 Å². The molecule has 0 bridgehead atoms. The van der Waals surface area contributed by atoms with Crippen molar-refractivity contribution in [1.82, 2.24) is 15.3 Å². The van der Waals surface area contributed by atoms with E-state index in [2.05, 4.69) is 15.3 Å². The molecule has 4 rings (SSSR count). The van der Waals surface area contributed by atoms with E-state index >= 15 is 0 Å². The van der Waals surface area contributed by atoms with Crippen molar-refractivity contribution >= 4 is 16.7 Å². The molecule has 0 saturated heterocycles. The van der Waals surface area contributed by atoms with Crippen LogP contribution in [0.15, 0.2) is 48.9 Å². The highest BCUT2D eigenvalue weighted by molar-refractivity contribution is 5.98. The standard InChI is InChI=1S/C22H25N3O2/c1-14(2)22(27,20-12-23-13-25-20)19-8-7-16-9-18(6-5-17(16)10-19)21(26)24-11-15-3-4-15/h5-10,12-15,27H,3-4,11H2,1-2H3,(H,23,25)(H,24,26). The van der Waals surface area contributed by atoms with Crippen LogP contribution in [-0.2, 0) is 5.60 Å².